The Balaban J connectivity index is 1.53. The van der Waals surface area contributed by atoms with Gasteiger partial charge in [-0.3, -0.25) is 54.4 Å². The number of rotatable bonds is 33. The summed E-state index contributed by atoms with van der Waals surface area (Å²) in [6.07, 6.45) is 7.66. The first kappa shape index (κ1) is 58.0. The Morgan fingerprint density at radius 3 is 1.69 bits per heavy atom. The average molecular weight is 979 g/mol. The van der Waals surface area contributed by atoms with E-state index in [1.807, 2.05) is 29.7 Å². The van der Waals surface area contributed by atoms with E-state index in [1.165, 1.54) is 6.92 Å². The Bertz CT molecular complexity index is 1790. The molecule has 0 bridgehead atoms. The highest BCUT2D eigenvalue weighted by molar-refractivity contribution is 8.03. The molecule has 1 aliphatic heterocycles. The number of carbonyl (C=O) groups is 7. The summed E-state index contributed by atoms with van der Waals surface area (Å²) in [5, 5.41) is 68.0. The number of unbranched alkanes of at least 4 members (excludes halogenated alkanes) is 8. The number of piperidine rings is 1. The summed E-state index contributed by atoms with van der Waals surface area (Å²) >= 11 is 6.44. The van der Waals surface area contributed by atoms with E-state index in [0.717, 1.165) is 35.2 Å². The summed E-state index contributed by atoms with van der Waals surface area (Å²) in [4.78, 5) is 87.2. The molecule has 7 amide bonds. The highest BCUT2D eigenvalue weighted by atomic mass is 32.2. The third kappa shape index (κ3) is 23.9. The first-order valence-electron chi connectivity index (χ1n) is 23.1. The minimum Gasteiger partial charge on any atom is -0.362 e. The van der Waals surface area contributed by atoms with E-state index in [9.17, 15) is 54.4 Å². The quantitative estimate of drug-likeness (QED) is 0.00907. The number of amides is 7. The number of carbonyl (C=O) groups excluding carboxylic acids is 7. The third-order valence-corrected chi connectivity index (χ3v) is 11.9. The summed E-state index contributed by atoms with van der Waals surface area (Å²) in [6.45, 7) is 3.31. The van der Waals surface area contributed by atoms with E-state index in [4.69, 9.17) is 17.5 Å². The molecule has 1 heterocycles. The monoisotopic (exact) mass is 978 g/mol. The number of hydroxylamine groups is 8. The summed E-state index contributed by atoms with van der Waals surface area (Å²) in [7, 11) is 0. The molecular weight excluding hydrogens is 909 g/mol. The van der Waals surface area contributed by atoms with Crippen LogP contribution in [0.4, 0.5) is 5.69 Å². The number of hydrogen-bond donors (Lipinski definition) is 9. The maximum absolute atomic E-state index is 13.4. The topological polar surface area (TPSA) is 297 Å². The van der Waals surface area contributed by atoms with Crippen molar-refractivity contribution < 1.29 is 54.4 Å². The largest absolute Gasteiger partial charge is 0.362 e. The number of benzene rings is 1. The summed E-state index contributed by atoms with van der Waals surface area (Å²) in [5.41, 5.74) is -0.578. The number of nitriles is 1. The van der Waals surface area contributed by atoms with Gasteiger partial charge in [-0.05, 0) is 132 Å². The lowest BCUT2D eigenvalue weighted by atomic mass is 9.74. The van der Waals surface area contributed by atoms with Crippen molar-refractivity contribution in [1.82, 2.24) is 41.5 Å². The van der Waals surface area contributed by atoms with Crippen LogP contribution in [0, 0.1) is 16.1 Å². The van der Waals surface area contributed by atoms with Crippen LogP contribution in [0.3, 0.4) is 0 Å². The molecule has 1 atom stereocenters. The van der Waals surface area contributed by atoms with Crippen molar-refractivity contribution in [2.75, 3.05) is 57.7 Å². The van der Waals surface area contributed by atoms with Crippen LogP contribution in [-0.4, -0.2) is 140 Å². The van der Waals surface area contributed by atoms with Gasteiger partial charge in [-0.15, -0.1) is 0 Å². The van der Waals surface area contributed by atoms with Gasteiger partial charge in [0.1, 0.15) is 10.8 Å². The first-order chi connectivity index (χ1) is 32.1. The number of thiocyanates is 1. The van der Waals surface area contributed by atoms with Gasteiger partial charge in [0.15, 0.2) is 5.11 Å². The number of anilines is 1. The molecule has 1 aromatic carbocycles. The summed E-state index contributed by atoms with van der Waals surface area (Å²) in [6, 6.07) is 7.30. The van der Waals surface area contributed by atoms with Gasteiger partial charge in [-0.2, -0.15) is 5.26 Å². The lowest BCUT2D eigenvalue weighted by Gasteiger charge is -2.37. The molecule has 1 fully saturated rings. The van der Waals surface area contributed by atoms with Crippen molar-refractivity contribution in [1.29, 1.82) is 5.26 Å². The molecule has 23 heteroatoms. The number of thioether (sulfide) groups is 1. The number of nitrogens with zero attached hydrogens (tertiary/aromatic N) is 5. The lowest BCUT2D eigenvalue weighted by Crippen LogP contribution is -2.55. The molecule has 1 saturated heterocycles. The zero-order valence-corrected chi connectivity index (χ0v) is 40.2. The molecule has 1 aliphatic rings. The van der Waals surface area contributed by atoms with Crippen molar-refractivity contribution >= 4 is 76.1 Å². The van der Waals surface area contributed by atoms with Crippen LogP contribution in [-0.2, 0) is 33.6 Å². The van der Waals surface area contributed by atoms with E-state index in [0.29, 0.717) is 122 Å². The second-order valence-corrected chi connectivity index (χ2v) is 17.6. The van der Waals surface area contributed by atoms with Crippen LogP contribution < -0.4 is 26.6 Å². The summed E-state index contributed by atoms with van der Waals surface area (Å²) < 4.78 is 0. The molecule has 0 aliphatic carbocycles. The zero-order valence-electron chi connectivity index (χ0n) is 38.6. The molecule has 67 heavy (non-hydrogen) atoms. The molecule has 0 spiro atoms. The minimum absolute atomic E-state index is 0.0375. The smallest absolute Gasteiger partial charge is 0.261 e. The van der Waals surface area contributed by atoms with E-state index in [-0.39, 0.29) is 76.6 Å². The number of nitrogens with one attached hydrogen (secondary N) is 5. The van der Waals surface area contributed by atoms with Gasteiger partial charge in [-0.25, -0.2) is 20.3 Å². The highest BCUT2D eigenvalue weighted by Gasteiger charge is 2.49. The normalized spacial score (nSPS) is 14.3. The fourth-order valence-corrected chi connectivity index (χ4v) is 7.70. The van der Waals surface area contributed by atoms with E-state index >= 15 is 0 Å². The molecule has 0 saturated carbocycles. The summed E-state index contributed by atoms with van der Waals surface area (Å²) in [5.74, 6) is -3.34. The molecule has 374 valence electrons. The maximum Gasteiger partial charge on any atom is 0.261 e. The van der Waals surface area contributed by atoms with Crippen LogP contribution in [0.1, 0.15) is 129 Å². The average Bonchev–Trinajstić information content (AvgIpc) is 3.30. The van der Waals surface area contributed by atoms with E-state index < -0.39 is 35.0 Å². The van der Waals surface area contributed by atoms with Gasteiger partial charge in [0.2, 0.25) is 35.4 Å². The van der Waals surface area contributed by atoms with Crippen molar-refractivity contribution in [2.24, 2.45) is 5.41 Å². The second-order valence-electron chi connectivity index (χ2n) is 16.3. The lowest BCUT2D eigenvalue weighted by molar-refractivity contribution is -0.188. The van der Waals surface area contributed by atoms with Gasteiger partial charge >= 0.3 is 0 Å². The van der Waals surface area contributed by atoms with E-state index in [1.54, 1.807) is 0 Å². The van der Waals surface area contributed by atoms with Gasteiger partial charge in [0, 0.05) is 95.5 Å². The predicted octanol–water partition coefficient (Wildman–Crippen LogP) is 4.20. The van der Waals surface area contributed by atoms with Crippen LogP contribution in [0.15, 0.2) is 29.2 Å². The molecule has 1 aromatic rings. The second kappa shape index (κ2) is 33.4. The van der Waals surface area contributed by atoms with Crippen LogP contribution in [0.25, 0.3) is 0 Å². The SMILES string of the molecule is CC(=O)N(O)CCCCCNC(=O)CCC(=O)N(O)CCCCCNC(=O)CCC(=O)N(O)CCCCCNC(=O)C1(CCCCCNC(=S)Nc2ccc(SC#N)cc2)CCCN(O)C1=O. The Kier molecular flexibility index (Phi) is 28.9. The van der Waals surface area contributed by atoms with Crippen molar-refractivity contribution in [3.8, 4) is 5.40 Å². The van der Waals surface area contributed by atoms with Crippen molar-refractivity contribution in [2.45, 2.75) is 134 Å². The van der Waals surface area contributed by atoms with Gasteiger partial charge < -0.3 is 26.6 Å². The number of hydrogen-bond acceptors (Lipinski definition) is 14. The number of thiocarbonyl (C=S) groups is 1. The molecular formula is C44H70N10O11S2. The maximum atomic E-state index is 13.4. The van der Waals surface area contributed by atoms with Gasteiger partial charge in [-0.1, -0.05) is 12.8 Å². The standard InChI is InChI=1S/C44H70N10O11S2/c1-34(55)51(62)29-11-3-8-25-46-37(56)19-21-39(58)52(63)30-12-4-9-26-47-38(57)20-22-40(59)53(64)31-13-5-10-27-48-41(60)44(24-14-32-54(65)42(44)61)23-6-2-7-28-49-43(66)50-35-15-17-36(18-16-35)67-33-45/h15-18,62-65H,2-14,19-32H2,1H3,(H,46,56)(H,47,57)(H,48,60)(H2,49,50,66). The minimum atomic E-state index is -1.37. The highest BCUT2D eigenvalue weighted by Crippen LogP contribution is 2.36. The first-order valence-corrected chi connectivity index (χ1v) is 24.3. The fourth-order valence-electron chi connectivity index (χ4n) is 7.11. The van der Waals surface area contributed by atoms with Crippen LogP contribution >= 0.6 is 24.0 Å². The van der Waals surface area contributed by atoms with Crippen molar-refractivity contribution in [3.05, 3.63) is 24.3 Å². The Labute approximate surface area is 402 Å². The Morgan fingerprint density at radius 2 is 1.18 bits per heavy atom. The molecule has 21 nitrogen and oxygen atoms in total. The molecule has 9 N–H and O–H groups in total. The van der Waals surface area contributed by atoms with E-state index in [2.05, 4.69) is 26.6 Å². The van der Waals surface area contributed by atoms with Crippen LogP contribution in [0.5, 0.6) is 0 Å². The molecule has 1 unspecified atom stereocenters. The predicted molar refractivity (Wildman–Crippen MR) is 251 cm³/mol. The fraction of sp³-hybridized carbons (Fsp3) is 0.659. The van der Waals surface area contributed by atoms with Crippen LogP contribution in [0.2, 0.25) is 0 Å². The molecule has 0 aromatic heterocycles. The molecule has 2 rings (SSSR count). The Hall–Kier alpha value is -5.12. The van der Waals surface area contributed by atoms with Gasteiger partial charge in [0.25, 0.3) is 5.91 Å². The Morgan fingerprint density at radius 1 is 0.701 bits per heavy atom. The molecule has 0 radical (unpaired) electrons. The zero-order chi connectivity index (χ0) is 49.5. The van der Waals surface area contributed by atoms with Crippen molar-refractivity contribution in [3.63, 3.8) is 0 Å². The van der Waals surface area contributed by atoms with Gasteiger partial charge in [0.05, 0.1) is 0 Å². The third-order valence-electron chi connectivity index (χ3n) is 11.0.